The quantitative estimate of drug-likeness (QED) is 0.755. The normalized spacial score (nSPS) is 25.2. The van der Waals surface area contributed by atoms with Crippen molar-refractivity contribution in [3.63, 3.8) is 0 Å². The lowest BCUT2D eigenvalue weighted by Gasteiger charge is -2.32. The van der Waals surface area contributed by atoms with Gasteiger partial charge in [-0.3, -0.25) is 0 Å². The first-order valence-electron chi connectivity index (χ1n) is 7.33. The number of rotatable bonds is 5. The maximum atomic E-state index is 6.43. The number of halogens is 1. The summed E-state index contributed by atoms with van der Waals surface area (Å²) < 4.78 is 1.18. The van der Waals surface area contributed by atoms with Crippen LogP contribution >= 0.6 is 27.7 Å². The highest BCUT2D eigenvalue weighted by molar-refractivity contribution is 9.10. The molecule has 1 aliphatic carbocycles. The van der Waals surface area contributed by atoms with E-state index in [1.165, 1.54) is 41.5 Å². The van der Waals surface area contributed by atoms with E-state index in [2.05, 4.69) is 47.1 Å². The first kappa shape index (κ1) is 15.4. The molecule has 0 radical (unpaired) electrons. The van der Waals surface area contributed by atoms with Crippen molar-refractivity contribution in [2.75, 3.05) is 5.75 Å². The molecule has 0 aromatic heterocycles. The Labute approximate surface area is 129 Å². The molecule has 1 nitrogen and oxygen atoms in total. The number of hydrogen-bond acceptors (Lipinski definition) is 2. The van der Waals surface area contributed by atoms with Crippen LogP contribution in [0.4, 0.5) is 0 Å². The average molecular weight is 342 g/mol. The van der Waals surface area contributed by atoms with Gasteiger partial charge in [0.05, 0.1) is 0 Å². The molecule has 19 heavy (non-hydrogen) atoms. The second kappa shape index (κ2) is 7.70. The Hall–Kier alpha value is 0.01000. The first-order valence-corrected chi connectivity index (χ1v) is 9.11. The summed E-state index contributed by atoms with van der Waals surface area (Å²) in [5.74, 6) is 2.68. The second-order valence-electron chi connectivity index (χ2n) is 5.61. The van der Waals surface area contributed by atoms with Gasteiger partial charge in [0.1, 0.15) is 0 Å². The molecule has 3 heteroatoms. The van der Waals surface area contributed by atoms with Gasteiger partial charge in [0.15, 0.2) is 0 Å². The summed E-state index contributed by atoms with van der Waals surface area (Å²) in [6.45, 7) is 2.31. The fourth-order valence-corrected chi connectivity index (χ4v) is 4.63. The van der Waals surface area contributed by atoms with E-state index in [0.717, 1.165) is 17.6 Å². The van der Waals surface area contributed by atoms with Gasteiger partial charge in [0.2, 0.25) is 0 Å². The van der Waals surface area contributed by atoms with E-state index < -0.39 is 0 Å². The zero-order valence-corrected chi connectivity index (χ0v) is 14.1. The van der Waals surface area contributed by atoms with Crippen molar-refractivity contribution < 1.29 is 0 Å². The minimum atomic E-state index is 0.339. The van der Waals surface area contributed by atoms with E-state index in [1.807, 2.05) is 11.8 Å². The van der Waals surface area contributed by atoms with Crippen LogP contribution in [-0.4, -0.2) is 11.8 Å². The summed E-state index contributed by atoms with van der Waals surface area (Å²) in [5.41, 5.74) is 6.43. The molecule has 0 aliphatic heterocycles. The highest BCUT2D eigenvalue weighted by atomic mass is 79.9. The van der Waals surface area contributed by atoms with E-state index in [0.29, 0.717) is 6.04 Å². The lowest BCUT2D eigenvalue weighted by molar-refractivity contribution is 0.238. The van der Waals surface area contributed by atoms with Gasteiger partial charge in [-0.05, 0) is 52.7 Å². The van der Waals surface area contributed by atoms with Crippen molar-refractivity contribution in [3.05, 3.63) is 28.7 Å². The first-order chi connectivity index (χ1) is 9.20. The van der Waals surface area contributed by atoms with E-state index in [-0.39, 0.29) is 0 Å². The van der Waals surface area contributed by atoms with Gasteiger partial charge in [-0.15, -0.1) is 11.8 Å². The summed E-state index contributed by atoms with van der Waals surface area (Å²) in [6, 6.07) is 8.75. The van der Waals surface area contributed by atoms with Crippen LogP contribution in [0.15, 0.2) is 33.6 Å². The molecule has 2 N–H and O–H groups in total. The SMILES string of the molecule is CCC1CCCC(C(N)CSc2ccccc2Br)C1. The summed E-state index contributed by atoms with van der Waals surface area (Å²) in [4.78, 5) is 1.31. The Bertz CT molecular complexity index is 396. The van der Waals surface area contributed by atoms with Crippen LogP contribution in [0.1, 0.15) is 39.0 Å². The van der Waals surface area contributed by atoms with Crippen molar-refractivity contribution in [2.45, 2.75) is 50.0 Å². The maximum absolute atomic E-state index is 6.43. The van der Waals surface area contributed by atoms with Gasteiger partial charge in [0.25, 0.3) is 0 Å². The highest BCUT2D eigenvalue weighted by Gasteiger charge is 2.25. The number of nitrogens with two attached hydrogens (primary N) is 1. The summed E-state index contributed by atoms with van der Waals surface area (Å²) in [6.07, 6.45) is 6.77. The Balaban J connectivity index is 1.84. The third kappa shape index (κ3) is 4.51. The standard InChI is InChI=1S/C16H24BrNS/c1-2-12-6-5-7-13(10-12)15(18)11-19-16-9-4-3-8-14(16)17/h3-4,8-9,12-13,15H,2,5-7,10-11,18H2,1H3. The predicted molar refractivity (Wildman–Crippen MR) is 88.6 cm³/mol. The Morgan fingerprint density at radius 3 is 2.89 bits per heavy atom. The third-order valence-corrected chi connectivity index (χ3v) is 6.45. The second-order valence-corrected chi connectivity index (χ2v) is 7.52. The van der Waals surface area contributed by atoms with Crippen molar-refractivity contribution in [3.8, 4) is 0 Å². The predicted octanol–water partition coefficient (Wildman–Crippen LogP) is 5.08. The molecular formula is C16H24BrNS. The van der Waals surface area contributed by atoms with Crippen LogP contribution < -0.4 is 5.73 Å². The van der Waals surface area contributed by atoms with E-state index in [1.54, 1.807) is 0 Å². The zero-order chi connectivity index (χ0) is 13.7. The minimum absolute atomic E-state index is 0.339. The fourth-order valence-electron chi connectivity index (χ4n) is 2.98. The lowest BCUT2D eigenvalue weighted by Crippen LogP contribution is -2.35. The molecule has 0 spiro atoms. The van der Waals surface area contributed by atoms with Crippen LogP contribution in [-0.2, 0) is 0 Å². The summed E-state index contributed by atoms with van der Waals surface area (Å²) in [5, 5.41) is 0. The zero-order valence-electron chi connectivity index (χ0n) is 11.6. The summed E-state index contributed by atoms with van der Waals surface area (Å²) >= 11 is 5.49. The van der Waals surface area contributed by atoms with Crippen LogP contribution in [0.3, 0.4) is 0 Å². The Morgan fingerprint density at radius 1 is 1.37 bits per heavy atom. The summed E-state index contributed by atoms with van der Waals surface area (Å²) in [7, 11) is 0. The molecule has 1 aromatic carbocycles. The van der Waals surface area contributed by atoms with Gasteiger partial charge in [0, 0.05) is 21.2 Å². The largest absolute Gasteiger partial charge is 0.327 e. The monoisotopic (exact) mass is 341 g/mol. The van der Waals surface area contributed by atoms with E-state index >= 15 is 0 Å². The van der Waals surface area contributed by atoms with Gasteiger partial charge in [-0.25, -0.2) is 0 Å². The maximum Gasteiger partial charge on any atom is 0.0311 e. The van der Waals surface area contributed by atoms with Crippen molar-refractivity contribution in [1.82, 2.24) is 0 Å². The average Bonchev–Trinajstić information content (AvgIpc) is 2.46. The number of benzene rings is 1. The number of thioether (sulfide) groups is 1. The topological polar surface area (TPSA) is 26.0 Å². The Morgan fingerprint density at radius 2 is 2.16 bits per heavy atom. The van der Waals surface area contributed by atoms with Gasteiger partial charge in [-0.1, -0.05) is 38.3 Å². The van der Waals surface area contributed by atoms with Crippen molar-refractivity contribution >= 4 is 27.7 Å². The van der Waals surface area contributed by atoms with Crippen LogP contribution in [0.2, 0.25) is 0 Å². The van der Waals surface area contributed by atoms with Crippen LogP contribution in [0.25, 0.3) is 0 Å². The van der Waals surface area contributed by atoms with Crippen LogP contribution in [0.5, 0.6) is 0 Å². The lowest BCUT2D eigenvalue weighted by atomic mass is 9.77. The molecule has 1 saturated carbocycles. The molecule has 3 atom stereocenters. The minimum Gasteiger partial charge on any atom is -0.327 e. The molecule has 0 saturated heterocycles. The van der Waals surface area contributed by atoms with E-state index in [4.69, 9.17) is 5.73 Å². The molecule has 1 fully saturated rings. The molecule has 3 unspecified atom stereocenters. The molecule has 0 heterocycles. The van der Waals surface area contributed by atoms with Crippen molar-refractivity contribution in [1.29, 1.82) is 0 Å². The smallest absolute Gasteiger partial charge is 0.0311 e. The van der Waals surface area contributed by atoms with Crippen molar-refractivity contribution in [2.24, 2.45) is 17.6 Å². The molecule has 1 aromatic rings. The van der Waals surface area contributed by atoms with Gasteiger partial charge >= 0.3 is 0 Å². The van der Waals surface area contributed by atoms with Crippen LogP contribution in [0, 0.1) is 11.8 Å². The molecular weight excluding hydrogens is 318 g/mol. The fraction of sp³-hybridized carbons (Fsp3) is 0.625. The molecule has 0 amide bonds. The molecule has 2 rings (SSSR count). The van der Waals surface area contributed by atoms with Gasteiger partial charge < -0.3 is 5.73 Å². The van der Waals surface area contributed by atoms with E-state index in [9.17, 15) is 0 Å². The van der Waals surface area contributed by atoms with Gasteiger partial charge in [-0.2, -0.15) is 0 Å². The molecule has 1 aliphatic rings. The highest BCUT2D eigenvalue weighted by Crippen LogP contribution is 2.34. The third-order valence-electron chi connectivity index (χ3n) is 4.27. The molecule has 106 valence electrons. The Kier molecular flexibility index (Phi) is 6.24. The number of hydrogen-bond donors (Lipinski definition) is 1. The molecule has 0 bridgehead atoms.